The molecule has 3 aromatic rings. The number of nitrogens with zero attached hydrogens (tertiary/aromatic N) is 1. The summed E-state index contributed by atoms with van der Waals surface area (Å²) in [6.45, 7) is 2.07. The van der Waals surface area contributed by atoms with Gasteiger partial charge < -0.3 is 10.3 Å². The maximum atomic E-state index is 12.3. The quantitative estimate of drug-likeness (QED) is 0.704. The molecule has 1 heterocycles. The van der Waals surface area contributed by atoms with Crippen molar-refractivity contribution < 1.29 is 4.79 Å². The van der Waals surface area contributed by atoms with Gasteiger partial charge in [-0.3, -0.25) is 4.79 Å². The second-order valence-electron chi connectivity index (χ2n) is 7.01. The van der Waals surface area contributed by atoms with Crippen LogP contribution in [0.5, 0.6) is 0 Å². The largest absolute Gasteiger partial charge is 0.338 e. The molecule has 0 unspecified atom stereocenters. The molecule has 4 rings (SSSR count). The first-order chi connectivity index (χ1) is 12.2. The van der Waals surface area contributed by atoms with Gasteiger partial charge in [0, 0.05) is 17.2 Å². The van der Waals surface area contributed by atoms with Crippen LogP contribution in [0.2, 0.25) is 0 Å². The zero-order chi connectivity index (χ0) is 17.2. The first-order valence-electron chi connectivity index (χ1n) is 9.07. The number of aromatic amines is 1. The van der Waals surface area contributed by atoms with E-state index in [-0.39, 0.29) is 11.8 Å². The summed E-state index contributed by atoms with van der Waals surface area (Å²) in [7, 11) is 0. The van der Waals surface area contributed by atoms with Gasteiger partial charge in [0.15, 0.2) is 0 Å². The number of hydrogen-bond acceptors (Lipinski definition) is 2. The maximum absolute atomic E-state index is 12.3. The fraction of sp³-hybridized carbons (Fsp3) is 0.333. The summed E-state index contributed by atoms with van der Waals surface area (Å²) >= 11 is 0. The van der Waals surface area contributed by atoms with E-state index in [2.05, 4.69) is 34.3 Å². The monoisotopic (exact) mass is 333 g/mol. The highest BCUT2D eigenvalue weighted by Gasteiger charge is 2.21. The Morgan fingerprint density at radius 3 is 2.60 bits per heavy atom. The molecule has 1 aliphatic rings. The van der Waals surface area contributed by atoms with Gasteiger partial charge in [0.05, 0.1) is 11.0 Å². The molecule has 0 spiro atoms. The minimum atomic E-state index is 0.159. The van der Waals surface area contributed by atoms with Crippen LogP contribution in [0.15, 0.2) is 42.5 Å². The summed E-state index contributed by atoms with van der Waals surface area (Å²) in [5.41, 5.74) is 5.10. The smallest absolute Gasteiger partial charge is 0.227 e. The molecule has 1 saturated carbocycles. The topological polar surface area (TPSA) is 57.8 Å². The van der Waals surface area contributed by atoms with Crippen LogP contribution in [0.1, 0.15) is 37.7 Å². The van der Waals surface area contributed by atoms with Crippen molar-refractivity contribution in [3.05, 3.63) is 48.0 Å². The number of aromatic nitrogens is 2. The fourth-order valence-corrected chi connectivity index (χ4v) is 3.58. The highest BCUT2D eigenvalue weighted by atomic mass is 16.1. The SMILES string of the molecule is Cc1ccc2nc(-c3ccc(NC(=O)C4CCCCC4)cc3)[nH]c2c1. The Hall–Kier alpha value is -2.62. The van der Waals surface area contributed by atoms with Gasteiger partial charge in [-0.15, -0.1) is 0 Å². The molecule has 0 atom stereocenters. The van der Waals surface area contributed by atoms with Crippen molar-refractivity contribution in [2.45, 2.75) is 39.0 Å². The van der Waals surface area contributed by atoms with E-state index < -0.39 is 0 Å². The summed E-state index contributed by atoms with van der Waals surface area (Å²) in [5.74, 6) is 1.18. The summed E-state index contributed by atoms with van der Waals surface area (Å²) in [4.78, 5) is 20.4. The molecule has 128 valence electrons. The standard InChI is InChI=1S/C21H23N3O/c1-14-7-12-18-19(13-14)24-20(23-18)15-8-10-17(11-9-15)22-21(25)16-5-3-2-4-6-16/h7-13,16H,2-6H2,1H3,(H,22,25)(H,23,24). The number of benzene rings is 2. The lowest BCUT2D eigenvalue weighted by atomic mass is 9.88. The van der Waals surface area contributed by atoms with Crippen LogP contribution in [0.3, 0.4) is 0 Å². The first-order valence-corrected chi connectivity index (χ1v) is 9.07. The van der Waals surface area contributed by atoms with E-state index in [1.54, 1.807) is 0 Å². The molecule has 4 heteroatoms. The normalized spacial score (nSPS) is 15.4. The fourth-order valence-electron chi connectivity index (χ4n) is 3.58. The maximum Gasteiger partial charge on any atom is 0.227 e. The summed E-state index contributed by atoms with van der Waals surface area (Å²) < 4.78 is 0. The van der Waals surface area contributed by atoms with E-state index in [1.165, 1.54) is 24.8 Å². The number of anilines is 1. The predicted molar refractivity (Wildman–Crippen MR) is 101 cm³/mol. The van der Waals surface area contributed by atoms with Crippen LogP contribution < -0.4 is 5.32 Å². The van der Waals surface area contributed by atoms with Gasteiger partial charge in [-0.25, -0.2) is 4.98 Å². The zero-order valence-corrected chi connectivity index (χ0v) is 14.5. The highest BCUT2D eigenvalue weighted by Crippen LogP contribution is 2.26. The van der Waals surface area contributed by atoms with E-state index in [0.29, 0.717) is 0 Å². The number of carbonyl (C=O) groups is 1. The van der Waals surface area contributed by atoms with E-state index in [9.17, 15) is 4.79 Å². The summed E-state index contributed by atoms with van der Waals surface area (Å²) in [5, 5.41) is 3.05. The molecule has 4 nitrogen and oxygen atoms in total. The minimum absolute atomic E-state index is 0.159. The molecule has 0 aliphatic heterocycles. The summed E-state index contributed by atoms with van der Waals surface area (Å²) in [6, 6.07) is 14.1. The van der Waals surface area contributed by atoms with Crippen LogP contribution >= 0.6 is 0 Å². The molecule has 1 amide bonds. The van der Waals surface area contributed by atoms with Crippen molar-refractivity contribution in [2.75, 3.05) is 5.32 Å². The van der Waals surface area contributed by atoms with Gasteiger partial charge in [-0.2, -0.15) is 0 Å². The number of fused-ring (bicyclic) bond motifs is 1. The molecule has 0 radical (unpaired) electrons. The number of amides is 1. The van der Waals surface area contributed by atoms with Gasteiger partial charge in [-0.05, 0) is 61.7 Å². The minimum Gasteiger partial charge on any atom is -0.338 e. The van der Waals surface area contributed by atoms with Crippen molar-refractivity contribution >= 4 is 22.6 Å². The Labute approximate surface area is 147 Å². The number of nitrogens with one attached hydrogen (secondary N) is 2. The van der Waals surface area contributed by atoms with Crippen molar-refractivity contribution in [1.82, 2.24) is 9.97 Å². The molecule has 2 N–H and O–H groups in total. The molecule has 0 saturated heterocycles. The van der Waals surface area contributed by atoms with Gasteiger partial charge >= 0.3 is 0 Å². The summed E-state index contributed by atoms with van der Waals surface area (Å²) in [6.07, 6.45) is 5.63. The molecular weight excluding hydrogens is 310 g/mol. The van der Waals surface area contributed by atoms with Gasteiger partial charge in [-0.1, -0.05) is 25.3 Å². The van der Waals surface area contributed by atoms with Crippen molar-refractivity contribution in [2.24, 2.45) is 5.92 Å². The number of carbonyl (C=O) groups excluding carboxylic acids is 1. The van der Waals surface area contributed by atoms with Crippen LogP contribution in [0.25, 0.3) is 22.4 Å². The molecule has 25 heavy (non-hydrogen) atoms. The van der Waals surface area contributed by atoms with Crippen molar-refractivity contribution in [3.63, 3.8) is 0 Å². The Balaban J connectivity index is 1.49. The highest BCUT2D eigenvalue weighted by molar-refractivity contribution is 5.92. The Bertz CT molecular complexity index is 889. The average molecular weight is 333 g/mol. The predicted octanol–water partition coefficient (Wildman–Crippen LogP) is 5.06. The van der Waals surface area contributed by atoms with Gasteiger partial charge in [0.1, 0.15) is 5.82 Å². The molecule has 1 aromatic heterocycles. The third kappa shape index (κ3) is 3.43. The Morgan fingerprint density at radius 1 is 1.08 bits per heavy atom. The average Bonchev–Trinajstić information content (AvgIpc) is 3.06. The van der Waals surface area contributed by atoms with Crippen LogP contribution in [0.4, 0.5) is 5.69 Å². The number of aryl methyl sites for hydroxylation is 1. The van der Waals surface area contributed by atoms with E-state index >= 15 is 0 Å². The van der Waals surface area contributed by atoms with E-state index in [0.717, 1.165) is 41.0 Å². The van der Waals surface area contributed by atoms with Crippen LogP contribution in [-0.4, -0.2) is 15.9 Å². The molecule has 1 aliphatic carbocycles. The Morgan fingerprint density at radius 2 is 1.84 bits per heavy atom. The Kier molecular flexibility index (Phi) is 4.26. The van der Waals surface area contributed by atoms with Crippen LogP contribution in [-0.2, 0) is 4.79 Å². The molecule has 2 aromatic carbocycles. The van der Waals surface area contributed by atoms with Gasteiger partial charge in [0.25, 0.3) is 0 Å². The second-order valence-corrected chi connectivity index (χ2v) is 7.01. The van der Waals surface area contributed by atoms with Crippen molar-refractivity contribution in [3.8, 4) is 11.4 Å². The molecule has 1 fully saturated rings. The van der Waals surface area contributed by atoms with Crippen LogP contribution in [0, 0.1) is 12.8 Å². The third-order valence-electron chi connectivity index (χ3n) is 5.04. The van der Waals surface area contributed by atoms with E-state index in [4.69, 9.17) is 0 Å². The first kappa shape index (κ1) is 15.9. The number of imidazole rings is 1. The van der Waals surface area contributed by atoms with E-state index in [1.807, 2.05) is 30.3 Å². The number of H-pyrrole nitrogens is 1. The zero-order valence-electron chi connectivity index (χ0n) is 14.5. The number of hydrogen-bond donors (Lipinski definition) is 2. The number of rotatable bonds is 3. The second kappa shape index (κ2) is 6.71. The van der Waals surface area contributed by atoms with Crippen molar-refractivity contribution in [1.29, 1.82) is 0 Å². The lowest BCUT2D eigenvalue weighted by Gasteiger charge is -2.20. The third-order valence-corrected chi connectivity index (χ3v) is 5.04. The molecular formula is C21H23N3O. The lowest BCUT2D eigenvalue weighted by molar-refractivity contribution is -0.120. The molecule has 0 bridgehead atoms. The van der Waals surface area contributed by atoms with Gasteiger partial charge in [0.2, 0.25) is 5.91 Å². The lowest BCUT2D eigenvalue weighted by Crippen LogP contribution is -2.24.